The molecule has 1 aromatic rings. The predicted molar refractivity (Wildman–Crippen MR) is 91.2 cm³/mol. The highest BCUT2D eigenvalue weighted by Gasteiger charge is 2.42. The minimum atomic E-state index is -1.31. The van der Waals surface area contributed by atoms with E-state index in [1.165, 1.54) is 0 Å². The van der Waals surface area contributed by atoms with Crippen LogP contribution in [0.5, 0.6) is 0 Å². The molecule has 4 heterocycles. The number of hydrogen-bond donors (Lipinski definition) is 1. The molecule has 1 unspecified atom stereocenters. The Morgan fingerprint density at radius 2 is 2.00 bits per heavy atom. The van der Waals surface area contributed by atoms with Crippen molar-refractivity contribution in [1.82, 2.24) is 14.8 Å². The zero-order valence-corrected chi connectivity index (χ0v) is 14.1. The molecule has 1 N–H and O–H groups in total. The molecule has 126 valence electrons. The van der Waals surface area contributed by atoms with Gasteiger partial charge in [-0.25, -0.2) is 4.99 Å². The van der Waals surface area contributed by atoms with E-state index in [2.05, 4.69) is 27.9 Å². The topological polar surface area (TPSA) is 61.2 Å². The van der Waals surface area contributed by atoms with Crippen LogP contribution in [0.3, 0.4) is 0 Å². The molecule has 0 radical (unpaired) electrons. The number of pyridine rings is 1. The van der Waals surface area contributed by atoms with Crippen LogP contribution in [-0.4, -0.2) is 58.6 Å². The Morgan fingerprint density at radius 1 is 1.21 bits per heavy atom. The van der Waals surface area contributed by atoms with Crippen molar-refractivity contribution in [3.05, 3.63) is 53.1 Å². The van der Waals surface area contributed by atoms with Crippen LogP contribution in [0.1, 0.15) is 18.3 Å². The van der Waals surface area contributed by atoms with Gasteiger partial charge in [-0.15, -0.1) is 0 Å². The van der Waals surface area contributed by atoms with Gasteiger partial charge < -0.3 is 19.6 Å². The van der Waals surface area contributed by atoms with Crippen molar-refractivity contribution in [2.45, 2.75) is 19.6 Å². The number of hydrogen-bond acceptors (Lipinski definition) is 6. The lowest BCUT2D eigenvalue weighted by molar-refractivity contribution is 0.0433. The summed E-state index contributed by atoms with van der Waals surface area (Å²) < 4.78 is 5.46. The fourth-order valence-corrected chi connectivity index (χ4v) is 3.40. The van der Waals surface area contributed by atoms with Crippen LogP contribution in [0, 0.1) is 6.92 Å². The predicted octanol–water partition coefficient (Wildman–Crippen LogP) is 1.38. The van der Waals surface area contributed by atoms with E-state index in [1.807, 2.05) is 36.2 Å². The highest BCUT2D eigenvalue weighted by molar-refractivity contribution is 6.01. The van der Waals surface area contributed by atoms with Gasteiger partial charge in [0.15, 0.2) is 5.84 Å². The number of aromatic nitrogens is 1. The van der Waals surface area contributed by atoms with Crippen molar-refractivity contribution in [2.24, 2.45) is 4.99 Å². The molecule has 0 aromatic carbocycles. The number of ether oxygens (including phenoxy) is 1. The van der Waals surface area contributed by atoms with Crippen molar-refractivity contribution in [1.29, 1.82) is 0 Å². The molecule has 6 nitrogen and oxygen atoms in total. The third kappa shape index (κ3) is 2.61. The van der Waals surface area contributed by atoms with Gasteiger partial charge in [0.05, 0.1) is 31.1 Å². The van der Waals surface area contributed by atoms with Crippen molar-refractivity contribution >= 4 is 5.84 Å². The molecule has 0 spiro atoms. The number of aryl methyl sites for hydroxylation is 1. The molecule has 0 bridgehead atoms. The number of nitrogens with zero attached hydrogens (tertiary/aromatic N) is 4. The quantitative estimate of drug-likeness (QED) is 0.890. The molecule has 24 heavy (non-hydrogen) atoms. The number of aliphatic hydroxyl groups is 1. The first-order valence-electron chi connectivity index (χ1n) is 8.31. The maximum atomic E-state index is 11.1. The summed E-state index contributed by atoms with van der Waals surface area (Å²) in [6.45, 7) is 7.50. The van der Waals surface area contributed by atoms with Gasteiger partial charge in [0.2, 0.25) is 5.72 Å². The van der Waals surface area contributed by atoms with Gasteiger partial charge in [0.25, 0.3) is 0 Å². The Kier molecular flexibility index (Phi) is 3.66. The standard InChI is InChI=1S/C18H22N4O2/c1-13-10-15(21-6-8-24-9-7-21)17-20-18(23,12-22(17)11-13)16-5-3-4-14(2)19-16/h3-5,10-11,23H,6-9,12H2,1-2H3. The SMILES string of the molecule is CC1=CN2CC(O)(c3cccc(C)n3)N=C2C(N2CCOCC2)=C1. The van der Waals surface area contributed by atoms with E-state index in [0.29, 0.717) is 12.2 Å². The van der Waals surface area contributed by atoms with Gasteiger partial charge in [0.1, 0.15) is 0 Å². The van der Waals surface area contributed by atoms with Gasteiger partial charge >= 0.3 is 0 Å². The number of allylic oxidation sites excluding steroid dienone is 2. The average Bonchev–Trinajstić information content (AvgIpc) is 2.92. The highest BCUT2D eigenvalue weighted by Crippen LogP contribution is 2.34. The zero-order chi connectivity index (χ0) is 16.7. The first kappa shape index (κ1) is 15.4. The summed E-state index contributed by atoms with van der Waals surface area (Å²) in [7, 11) is 0. The third-order valence-electron chi connectivity index (χ3n) is 4.56. The lowest BCUT2D eigenvalue weighted by atomic mass is 10.1. The van der Waals surface area contributed by atoms with Gasteiger partial charge in [-0.2, -0.15) is 0 Å². The maximum absolute atomic E-state index is 11.1. The summed E-state index contributed by atoms with van der Waals surface area (Å²) in [5.41, 5.74) is 2.37. The summed E-state index contributed by atoms with van der Waals surface area (Å²) in [5.74, 6) is 0.813. The monoisotopic (exact) mass is 326 g/mol. The summed E-state index contributed by atoms with van der Waals surface area (Å²) in [6.07, 6.45) is 4.17. The zero-order valence-electron chi connectivity index (χ0n) is 14.1. The normalized spacial score (nSPS) is 26.7. The molecule has 1 saturated heterocycles. The minimum absolute atomic E-state index is 0.387. The van der Waals surface area contributed by atoms with E-state index < -0.39 is 5.72 Å². The molecule has 1 atom stereocenters. The fraction of sp³-hybridized carbons (Fsp3) is 0.444. The van der Waals surface area contributed by atoms with Crippen LogP contribution in [0.2, 0.25) is 0 Å². The molecule has 1 fully saturated rings. The minimum Gasteiger partial charge on any atom is -0.378 e. The van der Waals surface area contributed by atoms with E-state index in [-0.39, 0.29) is 0 Å². The molecule has 0 saturated carbocycles. The Labute approximate surface area is 141 Å². The number of rotatable bonds is 2. The fourth-order valence-electron chi connectivity index (χ4n) is 3.40. The summed E-state index contributed by atoms with van der Waals surface area (Å²) >= 11 is 0. The second kappa shape index (κ2) is 5.72. The molecule has 4 rings (SSSR count). The maximum Gasteiger partial charge on any atom is 0.219 e. The average molecular weight is 326 g/mol. The second-order valence-electron chi connectivity index (χ2n) is 6.55. The summed E-state index contributed by atoms with van der Waals surface area (Å²) in [5, 5.41) is 11.1. The van der Waals surface area contributed by atoms with Crippen LogP contribution >= 0.6 is 0 Å². The van der Waals surface area contributed by atoms with E-state index in [9.17, 15) is 5.11 Å². The molecule has 0 aliphatic carbocycles. The molecule has 3 aliphatic heterocycles. The number of aliphatic imine (C=N–C) groups is 1. The lowest BCUT2D eigenvalue weighted by Crippen LogP contribution is -2.42. The summed E-state index contributed by atoms with van der Waals surface area (Å²) in [6, 6.07) is 5.67. The smallest absolute Gasteiger partial charge is 0.219 e. The van der Waals surface area contributed by atoms with E-state index in [0.717, 1.165) is 49.1 Å². The van der Waals surface area contributed by atoms with Crippen LogP contribution in [-0.2, 0) is 10.5 Å². The first-order valence-corrected chi connectivity index (χ1v) is 8.31. The van der Waals surface area contributed by atoms with Gasteiger partial charge in [-0.05, 0) is 37.6 Å². The number of morpholine rings is 1. The molecule has 0 amide bonds. The van der Waals surface area contributed by atoms with Crippen LogP contribution in [0.15, 0.2) is 46.7 Å². The number of fused-ring (bicyclic) bond motifs is 1. The van der Waals surface area contributed by atoms with Crippen molar-refractivity contribution in [3.63, 3.8) is 0 Å². The van der Waals surface area contributed by atoms with Crippen LogP contribution < -0.4 is 0 Å². The highest BCUT2D eigenvalue weighted by atomic mass is 16.5. The van der Waals surface area contributed by atoms with Crippen molar-refractivity contribution < 1.29 is 9.84 Å². The van der Waals surface area contributed by atoms with E-state index >= 15 is 0 Å². The number of amidine groups is 1. The molecule has 1 aromatic heterocycles. The van der Waals surface area contributed by atoms with E-state index in [4.69, 9.17) is 4.74 Å². The Bertz CT molecular complexity index is 749. The Balaban J connectivity index is 1.72. The second-order valence-corrected chi connectivity index (χ2v) is 6.55. The third-order valence-corrected chi connectivity index (χ3v) is 4.56. The first-order chi connectivity index (χ1) is 11.5. The van der Waals surface area contributed by atoms with Crippen molar-refractivity contribution in [3.8, 4) is 0 Å². The molecule has 6 heteroatoms. The Morgan fingerprint density at radius 3 is 2.75 bits per heavy atom. The lowest BCUT2D eigenvalue weighted by Gasteiger charge is -2.34. The summed E-state index contributed by atoms with van der Waals surface area (Å²) in [4.78, 5) is 13.5. The van der Waals surface area contributed by atoms with Gasteiger partial charge in [0, 0.05) is 25.0 Å². The Hall–Kier alpha value is -2.18. The molecule has 3 aliphatic rings. The van der Waals surface area contributed by atoms with E-state index in [1.54, 1.807) is 0 Å². The molecular formula is C18H22N4O2. The largest absolute Gasteiger partial charge is 0.378 e. The van der Waals surface area contributed by atoms with Gasteiger partial charge in [-0.1, -0.05) is 6.07 Å². The van der Waals surface area contributed by atoms with Crippen LogP contribution in [0.4, 0.5) is 0 Å². The van der Waals surface area contributed by atoms with Crippen LogP contribution in [0.25, 0.3) is 0 Å². The molecular weight excluding hydrogens is 304 g/mol. The van der Waals surface area contributed by atoms with Gasteiger partial charge in [-0.3, -0.25) is 4.98 Å². The van der Waals surface area contributed by atoms with Crippen molar-refractivity contribution in [2.75, 3.05) is 32.8 Å².